The number of aromatic amines is 2. The molecule has 81 heavy (non-hydrogen) atoms. The smallest absolute Gasteiger partial charge is 0.494 e. The Morgan fingerprint density at radius 1 is 0.630 bits per heavy atom. The number of hydrogen-bond donors (Lipinski definition) is 6. The van der Waals surface area contributed by atoms with E-state index in [4.69, 9.17) is 28.5 Å². The van der Waals surface area contributed by atoms with Crippen LogP contribution < -0.4 is 4.52 Å². The molecule has 420 valence electrons. The fourth-order valence-corrected chi connectivity index (χ4v) is 11.0. The Morgan fingerprint density at radius 2 is 1.12 bits per heavy atom. The van der Waals surface area contributed by atoms with Crippen molar-refractivity contribution < 1.29 is 56.8 Å². The second-order valence-electron chi connectivity index (χ2n) is 20.1. The van der Waals surface area contributed by atoms with Crippen LogP contribution in [0.3, 0.4) is 0 Å². The van der Waals surface area contributed by atoms with E-state index in [9.17, 15) is 38.3 Å². The highest BCUT2D eigenvalue weighted by molar-refractivity contribution is 7.46. The Kier molecular flexibility index (Phi) is 17.1. The van der Waals surface area contributed by atoms with Crippen LogP contribution in [-0.4, -0.2) is 76.1 Å². The first kappa shape index (κ1) is 59.0. The van der Waals surface area contributed by atoms with Gasteiger partial charge in [-0.3, -0.25) is 33.0 Å². The topological polar surface area (TPSA) is 252 Å². The van der Waals surface area contributed by atoms with Gasteiger partial charge in [-0.15, -0.1) is 0 Å². The molecule has 0 amide bonds. The van der Waals surface area contributed by atoms with Crippen molar-refractivity contribution in [3.63, 3.8) is 0 Å². The van der Waals surface area contributed by atoms with Gasteiger partial charge < -0.3 is 33.8 Å². The highest BCUT2D eigenvalue weighted by Crippen LogP contribution is 2.45. The third-order valence-corrected chi connectivity index (χ3v) is 14.6. The summed E-state index contributed by atoms with van der Waals surface area (Å²) in [6.45, 7) is 13.1. The highest BCUT2D eigenvalue weighted by atomic mass is 31.2. The molecule has 0 saturated carbocycles. The third kappa shape index (κ3) is 12.9. The van der Waals surface area contributed by atoms with Crippen LogP contribution in [-0.2, 0) is 35.1 Å². The Balaban J connectivity index is 0.000000211. The number of H-pyrrole nitrogens is 2. The van der Waals surface area contributed by atoms with E-state index in [0.29, 0.717) is 62.4 Å². The van der Waals surface area contributed by atoms with Crippen LogP contribution in [0.5, 0.6) is 5.75 Å². The molecule has 2 aliphatic rings. The largest absolute Gasteiger partial charge is 0.524 e. The number of rotatable bonds is 15. The van der Waals surface area contributed by atoms with Gasteiger partial charge in [-0.1, -0.05) is 88.0 Å². The van der Waals surface area contributed by atoms with Gasteiger partial charge in [0.15, 0.2) is 0 Å². The maximum atomic E-state index is 14.2. The van der Waals surface area contributed by atoms with Gasteiger partial charge >= 0.3 is 15.6 Å². The molecular weight excluding hydrogens is 1070 g/mol. The molecule has 0 unspecified atom stereocenters. The van der Waals surface area contributed by atoms with Crippen LogP contribution in [0, 0.1) is 34.6 Å². The SMILES string of the molecule is C.COC1=CC(c2cc3ccccc3n2C(=O)CC(C)(C)c2c(C)cccc2OP(=O)(O)O)=N/C1=C/c1[nH]c(C)cc1C.COC1=CC(c2cc3ccccc3n2C(=O)c2ccccc2COP(=O)(O)O)=N/C1=C/c1[nH]c(C)cc1C. The molecule has 8 aromatic rings. The summed E-state index contributed by atoms with van der Waals surface area (Å²) in [7, 11) is -6.38. The van der Waals surface area contributed by atoms with E-state index in [0.717, 1.165) is 55.8 Å². The lowest BCUT2D eigenvalue weighted by molar-refractivity contribution is 0.0880. The summed E-state index contributed by atoms with van der Waals surface area (Å²) in [6.07, 6.45) is 7.49. The number of carbonyl (C=O) groups is 2. The zero-order valence-corrected chi connectivity index (χ0v) is 47.2. The van der Waals surface area contributed by atoms with E-state index < -0.39 is 27.7 Å². The van der Waals surface area contributed by atoms with Crippen molar-refractivity contribution in [2.24, 2.45) is 9.98 Å². The van der Waals surface area contributed by atoms with Crippen LogP contribution in [0.2, 0.25) is 0 Å². The molecule has 0 bridgehead atoms. The van der Waals surface area contributed by atoms with Crippen molar-refractivity contribution in [2.75, 3.05) is 14.2 Å². The van der Waals surface area contributed by atoms with E-state index >= 15 is 0 Å². The number of fused-ring (bicyclic) bond motifs is 2. The monoisotopic (exact) mass is 1130 g/mol. The quantitative estimate of drug-likeness (QED) is 0.0524. The number of carbonyl (C=O) groups excluding carboxylic acids is 2. The second-order valence-corrected chi connectivity index (χ2v) is 22.5. The number of nitrogens with one attached hydrogen (secondary N) is 2. The number of para-hydroxylation sites is 2. The minimum absolute atomic E-state index is 0. The minimum atomic E-state index is -4.82. The van der Waals surface area contributed by atoms with Crippen molar-refractivity contribution in [1.82, 2.24) is 19.1 Å². The molecule has 0 radical (unpaired) electrons. The van der Waals surface area contributed by atoms with Crippen molar-refractivity contribution in [3.05, 3.63) is 218 Å². The van der Waals surface area contributed by atoms with Gasteiger partial charge in [-0.25, -0.2) is 19.1 Å². The van der Waals surface area contributed by atoms with Gasteiger partial charge in [-0.05, 0) is 118 Å². The Morgan fingerprint density at radius 3 is 1.62 bits per heavy atom. The summed E-state index contributed by atoms with van der Waals surface area (Å²) in [5.74, 6) is 0.613. The lowest BCUT2D eigenvalue weighted by atomic mass is 9.78. The molecule has 0 atom stereocenters. The first-order valence-electron chi connectivity index (χ1n) is 25.3. The van der Waals surface area contributed by atoms with Crippen LogP contribution in [0.1, 0.15) is 105 Å². The zero-order chi connectivity index (χ0) is 57.4. The van der Waals surface area contributed by atoms with Crippen LogP contribution >= 0.6 is 15.6 Å². The molecule has 2 aliphatic heterocycles. The number of methoxy groups -OCH3 is 2. The Hall–Kier alpha value is -8.18. The lowest BCUT2D eigenvalue weighted by Gasteiger charge is -2.29. The fraction of sp³-hybridized carbons (Fsp3) is 0.213. The molecule has 18 nitrogen and oxygen atoms in total. The number of aryl methyl sites for hydroxylation is 5. The third-order valence-electron chi connectivity index (χ3n) is 13.7. The molecule has 10 rings (SSSR count). The van der Waals surface area contributed by atoms with Crippen LogP contribution in [0.4, 0.5) is 0 Å². The van der Waals surface area contributed by atoms with E-state index in [2.05, 4.69) is 16.0 Å². The number of phosphoric ester groups is 2. The fourth-order valence-electron chi connectivity index (χ4n) is 10.3. The van der Waals surface area contributed by atoms with Crippen molar-refractivity contribution in [2.45, 2.75) is 74.3 Å². The molecule has 6 heterocycles. The molecular formula is C61H64N6O12P2. The maximum absolute atomic E-state index is 14.2. The molecule has 4 aromatic carbocycles. The van der Waals surface area contributed by atoms with Gasteiger partial charge in [0.25, 0.3) is 5.91 Å². The van der Waals surface area contributed by atoms with Gasteiger partial charge in [0.1, 0.15) is 28.7 Å². The highest BCUT2D eigenvalue weighted by Gasteiger charge is 2.34. The number of benzene rings is 4. The number of allylic oxidation sites excluding steroid dienone is 2. The predicted molar refractivity (Wildman–Crippen MR) is 315 cm³/mol. The van der Waals surface area contributed by atoms with Crippen molar-refractivity contribution in [1.29, 1.82) is 0 Å². The lowest BCUT2D eigenvalue weighted by Crippen LogP contribution is -2.28. The average Bonchev–Trinajstić information content (AvgIpc) is 4.42. The first-order chi connectivity index (χ1) is 37.9. The molecule has 6 N–H and O–H groups in total. The zero-order valence-electron chi connectivity index (χ0n) is 45.4. The van der Waals surface area contributed by atoms with Crippen molar-refractivity contribution in [3.8, 4) is 5.75 Å². The number of nitrogens with zero attached hydrogens (tertiary/aromatic N) is 4. The number of phosphoric acid groups is 2. The van der Waals surface area contributed by atoms with E-state index in [1.165, 1.54) is 6.07 Å². The normalized spacial score (nSPS) is 14.6. The van der Waals surface area contributed by atoms with Gasteiger partial charge in [0.05, 0.1) is 54.7 Å². The summed E-state index contributed by atoms with van der Waals surface area (Å²) in [5, 5.41) is 1.71. The number of aliphatic imine (C=N–C) groups is 2. The average molecular weight is 1140 g/mol. The standard InChI is InChI=1S/C32H34N3O6P.C28H26N3O6P.CH4/c1-19-10-9-13-28(41-42(37,38)39)31(19)32(4,5)18-30(36)35-26-12-8-7-11-22(26)15-27(35)24-17-29(40-6)25(34-24)16-23-20(2)14-21(3)33-23;1-17-12-18(2)29-22(17)14-24-27(36-3)15-23(30-24)26-13-19-8-5-7-11-25(19)31(26)28(32)21-10-6-4-9-20(21)16-37-38(33,34)35;/h7-17,33H,18H2,1-6H3,(H2,37,38,39);4-15,29H,16H2,1-3H3,(H2,33,34,35);1H4/b25-16+;24-14+;. The Labute approximate surface area is 469 Å². The summed E-state index contributed by atoms with van der Waals surface area (Å²) >= 11 is 0. The Bertz CT molecular complexity index is 4070. The first-order valence-corrected chi connectivity index (χ1v) is 28.4. The van der Waals surface area contributed by atoms with Crippen LogP contribution in [0.25, 0.3) is 34.0 Å². The van der Waals surface area contributed by atoms with Gasteiger partial charge in [0, 0.05) is 68.7 Å². The molecule has 20 heteroatoms. The molecule has 4 aromatic heterocycles. The summed E-state index contributed by atoms with van der Waals surface area (Å²) in [4.78, 5) is 81.9. The van der Waals surface area contributed by atoms with Crippen molar-refractivity contribution >= 4 is 72.8 Å². The van der Waals surface area contributed by atoms with E-state index in [1.54, 1.807) is 59.8 Å². The molecule has 0 spiro atoms. The van der Waals surface area contributed by atoms with E-state index in [1.807, 2.05) is 139 Å². The van der Waals surface area contributed by atoms with Crippen LogP contribution in [0.15, 0.2) is 160 Å². The molecule has 0 aliphatic carbocycles. The number of hydrogen-bond acceptors (Lipinski definition) is 10. The van der Waals surface area contributed by atoms with E-state index in [-0.39, 0.29) is 37.0 Å². The molecule has 0 saturated heterocycles. The maximum Gasteiger partial charge on any atom is 0.524 e. The number of aromatic nitrogens is 4. The summed E-state index contributed by atoms with van der Waals surface area (Å²) in [5.41, 5.74) is 12.1. The molecule has 0 fully saturated rings. The summed E-state index contributed by atoms with van der Waals surface area (Å²) < 4.78 is 47.3. The number of ether oxygens (including phenoxy) is 2. The minimum Gasteiger partial charge on any atom is -0.494 e. The van der Waals surface area contributed by atoms with Gasteiger partial charge in [-0.2, -0.15) is 0 Å². The van der Waals surface area contributed by atoms with Gasteiger partial charge in [0.2, 0.25) is 5.91 Å². The predicted octanol–water partition coefficient (Wildman–Crippen LogP) is 12.6. The second kappa shape index (κ2) is 23.5. The summed E-state index contributed by atoms with van der Waals surface area (Å²) in [6, 6.07) is 34.6.